The molecule has 2 N–H and O–H groups in total. The summed E-state index contributed by atoms with van der Waals surface area (Å²) in [5.41, 5.74) is 1.31. The molecule has 1 heterocycles. The van der Waals surface area contributed by atoms with Crippen LogP contribution in [0.2, 0.25) is 0 Å². The highest BCUT2D eigenvalue weighted by molar-refractivity contribution is 5.76. The molecule has 1 aliphatic carbocycles. The summed E-state index contributed by atoms with van der Waals surface area (Å²) in [5.74, 6) is 0.0502. The molecule has 1 saturated heterocycles. The van der Waals surface area contributed by atoms with Crippen LogP contribution in [-0.2, 0) is 4.79 Å². The molecule has 0 radical (unpaired) electrons. The number of rotatable bonds is 4. The van der Waals surface area contributed by atoms with Crippen molar-refractivity contribution >= 4 is 12.0 Å². The Morgan fingerprint density at radius 3 is 2.73 bits per heavy atom. The summed E-state index contributed by atoms with van der Waals surface area (Å²) in [7, 11) is 0. The number of amides is 2. The Balaban J connectivity index is 1.68. The Labute approximate surface area is 130 Å². The van der Waals surface area contributed by atoms with E-state index in [1.54, 1.807) is 0 Å². The van der Waals surface area contributed by atoms with Crippen LogP contribution in [0.3, 0.4) is 0 Å². The van der Waals surface area contributed by atoms with Gasteiger partial charge in [-0.15, -0.1) is 0 Å². The number of benzene rings is 1. The highest BCUT2D eigenvalue weighted by Crippen LogP contribution is 2.46. The van der Waals surface area contributed by atoms with Gasteiger partial charge < -0.3 is 15.3 Å². The lowest BCUT2D eigenvalue weighted by Gasteiger charge is -2.23. The number of carboxylic acids is 1. The van der Waals surface area contributed by atoms with Gasteiger partial charge in [-0.1, -0.05) is 36.8 Å². The first kappa shape index (κ1) is 14.9. The van der Waals surface area contributed by atoms with Crippen molar-refractivity contribution in [2.24, 2.45) is 5.92 Å². The molecule has 2 fully saturated rings. The zero-order chi connectivity index (χ0) is 15.5. The second kappa shape index (κ2) is 6.38. The number of hydrogen-bond acceptors (Lipinski definition) is 2. The smallest absolute Gasteiger partial charge is 0.317 e. The molecule has 1 aromatic carbocycles. The van der Waals surface area contributed by atoms with Crippen LogP contribution < -0.4 is 5.32 Å². The summed E-state index contributed by atoms with van der Waals surface area (Å²) in [6.07, 6.45) is 3.36. The average Bonchev–Trinajstić information content (AvgIpc) is 3.09. The minimum atomic E-state index is -0.886. The van der Waals surface area contributed by atoms with E-state index >= 15 is 0 Å². The van der Waals surface area contributed by atoms with Gasteiger partial charge in [-0.2, -0.15) is 0 Å². The summed E-state index contributed by atoms with van der Waals surface area (Å²) >= 11 is 0. The summed E-state index contributed by atoms with van der Waals surface area (Å²) in [4.78, 5) is 24.9. The van der Waals surface area contributed by atoms with Gasteiger partial charge in [0.25, 0.3) is 0 Å². The van der Waals surface area contributed by atoms with E-state index < -0.39 is 5.97 Å². The molecule has 3 unspecified atom stereocenters. The van der Waals surface area contributed by atoms with Gasteiger partial charge >= 0.3 is 12.0 Å². The van der Waals surface area contributed by atoms with Crippen molar-refractivity contribution in [3.63, 3.8) is 0 Å². The molecule has 22 heavy (non-hydrogen) atoms. The quantitative estimate of drug-likeness (QED) is 0.897. The molecule has 0 bridgehead atoms. The van der Waals surface area contributed by atoms with Gasteiger partial charge in [0, 0.05) is 25.0 Å². The SMILES string of the molecule is O=C(O)CCNC(=O)N1CC(c2ccccc2)C2CCCC21. The van der Waals surface area contributed by atoms with E-state index in [9.17, 15) is 9.59 Å². The van der Waals surface area contributed by atoms with Crippen molar-refractivity contribution in [3.05, 3.63) is 35.9 Å². The van der Waals surface area contributed by atoms with E-state index in [0.29, 0.717) is 17.9 Å². The Hall–Kier alpha value is -2.04. The van der Waals surface area contributed by atoms with Crippen LogP contribution in [0, 0.1) is 5.92 Å². The normalized spacial score (nSPS) is 26.7. The number of likely N-dealkylation sites (tertiary alicyclic amines) is 1. The molecule has 0 aromatic heterocycles. The fraction of sp³-hybridized carbons (Fsp3) is 0.529. The maximum Gasteiger partial charge on any atom is 0.317 e. The average molecular weight is 302 g/mol. The summed E-state index contributed by atoms with van der Waals surface area (Å²) in [6, 6.07) is 10.6. The van der Waals surface area contributed by atoms with E-state index in [1.165, 1.54) is 12.0 Å². The lowest BCUT2D eigenvalue weighted by molar-refractivity contribution is -0.136. The van der Waals surface area contributed by atoms with Crippen LogP contribution in [0.5, 0.6) is 0 Å². The van der Waals surface area contributed by atoms with Gasteiger partial charge in [0.05, 0.1) is 6.42 Å². The number of hydrogen-bond donors (Lipinski definition) is 2. The number of urea groups is 1. The Morgan fingerprint density at radius 1 is 1.23 bits per heavy atom. The van der Waals surface area contributed by atoms with Crippen LogP contribution in [0.15, 0.2) is 30.3 Å². The Morgan fingerprint density at radius 2 is 2.00 bits per heavy atom. The fourth-order valence-electron chi connectivity index (χ4n) is 3.97. The molecule has 3 atom stereocenters. The first-order valence-electron chi connectivity index (χ1n) is 7.98. The van der Waals surface area contributed by atoms with E-state index in [2.05, 4.69) is 29.6 Å². The number of fused-ring (bicyclic) bond motifs is 1. The van der Waals surface area contributed by atoms with Gasteiger partial charge in [-0.25, -0.2) is 4.79 Å². The van der Waals surface area contributed by atoms with Crippen LogP contribution in [0.1, 0.15) is 37.2 Å². The van der Waals surface area contributed by atoms with E-state index in [4.69, 9.17) is 5.11 Å². The van der Waals surface area contributed by atoms with Crippen LogP contribution in [0.25, 0.3) is 0 Å². The molecule has 1 aromatic rings. The topological polar surface area (TPSA) is 69.6 Å². The summed E-state index contributed by atoms with van der Waals surface area (Å²) in [5, 5.41) is 11.4. The molecule has 3 rings (SSSR count). The van der Waals surface area contributed by atoms with Crippen LogP contribution in [-0.4, -0.2) is 41.1 Å². The predicted octanol–water partition coefficient (Wildman–Crippen LogP) is 2.44. The van der Waals surface area contributed by atoms with Gasteiger partial charge in [-0.05, 0) is 24.3 Å². The number of nitrogens with one attached hydrogen (secondary N) is 1. The molecule has 5 heteroatoms. The molecule has 2 amide bonds. The molecule has 118 valence electrons. The summed E-state index contributed by atoms with van der Waals surface area (Å²) in [6.45, 7) is 0.927. The summed E-state index contributed by atoms with van der Waals surface area (Å²) < 4.78 is 0. The molecule has 2 aliphatic rings. The van der Waals surface area contributed by atoms with Crippen molar-refractivity contribution < 1.29 is 14.7 Å². The maximum atomic E-state index is 12.4. The first-order valence-corrected chi connectivity index (χ1v) is 7.98. The minimum Gasteiger partial charge on any atom is -0.481 e. The van der Waals surface area contributed by atoms with E-state index in [1.807, 2.05) is 11.0 Å². The first-order chi connectivity index (χ1) is 10.7. The van der Waals surface area contributed by atoms with Crippen molar-refractivity contribution in [2.45, 2.75) is 37.6 Å². The molecule has 0 spiro atoms. The van der Waals surface area contributed by atoms with Crippen molar-refractivity contribution in [2.75, 3.05) is 13.1 Å². The largest absolute Gasteiger partial charge is 0.481 e. The van der Waals surface area contributed by atoms with Crippen LogP contribution in [0.4, 0.5) is 4.79 Å². The van der Waals surface area contributed by atoms with E-state index in [0.717, 1.165) is 19.4 Å². The zero-order valence-corrected chi connectivity index (χ0v) is 12.6. The monoisotopic (exact) mass is 302 g/mol. The second-order valence-electron chi connectivity index (χ2n) is 6.21. The molecule has 1 aliphatic heterocycles. The van der Waals surface area contributed by atoms with Crippen LogP contribution >= 0.6 is 0 Å². The van der Waals surface area contributed by atoms with Gasteiger partial charge in [0.15, 0.2) is 0 Å². The molecule has 1 saturated carbocycles. The Bertz CT molecular complexity index is 546. The number of carbonyl (C=O) groups excluding carboxylic acids is 1. The molecular weight excluding hydrogens is 280 g/mol. The zero-order valence-electron chi connectivity index (χ0n) is 12.6. The third-order valence-electron chi connectivity index (χ3n) is 4.95. The van der Waals surface area contributed by atoms with Crippen molar-refractivity contribution in [1.29, 1.82) is 0 Å². The molecule has 5 nitrogen and oxygen atoms in total. The third-order valence-corrected chi connectivity index (χ3v) is 4.95. The lowest BCUT2D eigenvalue weighted by atomic mass is 9.87. The highest BCUT2D eigenvalue weighted by atomic mass is 16.4. The van der Waals surface area contributed by atoms with Crippen molar-refractivity contribution in [1.82, 2.24) is 10.2 Å². The predicted molar refractivity (Wildman–Crippen MR) is 82.7 cm³/mol. The fourth-order valence-corrected chi connectivity index (χ4v) is 3.97. The third kappa shape index (κ3) is 2.93. The van der Waals surface area contributed by atoms with Gasteiger partial charge in [-0.3, -0.25) is 4.79 Å². The van der Waals surface area contributed by atoms with Gasteiger partial charge in [0.1, 0.15) is 0 Å². The van der Waals surface area contributed by atoms with E-state index in [-0.39, 0.29) is 19.0 Å². The maximum absolute atomic E-state index is 12.4. The standard InChI is InChI=1S/C17H22N2O3/c20-16(21)9-10-18-17(22)19-11-14(12-5-2-1-3-6-12)13-7-4-8-15(13)19/h1-3,5-6,13-15H,4,7-11H2,(H,18,22)(H,20,21). The van der Waals surface area contributed by atoms with Gasteiger partial charge in [0.2, 0.25) is 0 Å². The molecular formula is C17H22N2O3. The number of carboxylic acid groups (broad SMARTS) is 1. The number of aliphatic carboxylic acids is 1. The second-order valence-corrected chi connectivity index (χ2v) is 6.21. The van der Waals surface area contributed by atoms with Crippen molar-refractivity contribution in [3.8, 4) is 0 Å². The Kier molecular flexibility index (Phi) is 4.32. The highest BCUT2D eigenvalue weighted by Gasteiger charge is 2.46. The number of nitrogens with zero attached hydrogens (tertiary/aromatic N) is 1. The lowest BCUT2D eigenvalue weighted by Crippen LogP contribution is -2.43. The number of carbonyl (C=O) groups is 2. The minimum absolute atomic E-state index is 0.0320.